The molecule has 0 unspecified atom stereocenters. The van der Waals surface area contributed by atoms with Gasteiger partial charge in [-0.3, -0.25) is 4.79 Å². The van der Waals surface area contributed by atoms with E-state index in [-0.39, 0.29) is 5.60 Å². The molecular formula is C18H29NO2. The topological polar surface area (TPSA) is 29.5 Å². The molecule has 0 atom stereocenters. The van der Waals surface area contributed by atoms with E-state index < -0.39 is 0 Å². The third kappa shape index (κ3) is 11.5. The summed E-state index contributed by atoms with van der Waals surface area (Å²) in [6.07, 6.45) is 6.72. The molecule has 0 rings (SSSR count). The molecule has 0 radical (unpaired) electrons. The number of hydrogen-bond acceptors (Lipinski definition) is 3. The maximum Gasteiger partial charge on any atom is 0.293 e. The lowest BCUT2D eigenvalue weighted by molar-refractivity contribution is -0.138. The van der Waals surface area contributed by atoms with Gasteiger partial charge >= 0.3 is 0 Å². The zero-order chi connectivity index (χ0) is 17.1. The lowest BCUT2D eigenvalue weighted by Crippen LogP contribution is -2.17. The van der Waals surface area contributed by atoms with Crippen molar-refractivity contribution in [3.63, 3.8) is 0 Å². The summed E-state index contributed by atoms with van der Waals surface area (Å²) >= 11 is 0. The van der Waals surface area contributed by atoms with Gasteiger partial charge in [0.15, 0.2) is 0 Å². The zero-order valence-corrected chi connectivity index (χ0v) is 14.1. The van der Waals surface area contributed by atoms with Crippen LogP contribution in [0.5, 0.6) is 0 Å². The molecule has 0 aromatic rings. The Morgan fingerprint density at radius 1 is 1.24 bits per heavy atom. The summed E-state index contributed by atoms with van der Waals surface area (Å²) in [6, 6.07) is 0. The number of likely N-dealkylation sites (N-methyl/N-ethyl adjacent to an activating group) is 1. The Morgan fingerprint density at radius 3 is 2.05 bits per heavy atom. The predicted molar refractivity (Wildman–Crippen MR) is 91.7 cm³/mol. The number of nitrogens with zero attached hydrogens (tertiary/aromatic N) is 1. The van der Waals surface area contributed by atoms with Crippen LogP contribution in [-0.4, -0.2) is 24.0 Å². The van der Waals surface area contributed by atoms with Crippen molar-refractivity contribution in [2.24, 2.45) is 0 Å². The van der Waals surface area contributed by atoms with E-state index in [9.17, 15) is 4.79 Å². The molecule has 0 aromatic carbocycles. The average Bonchev–Trinajstić information content (AvgIpc) is 2.41. The van der Waals surface area contributed by atoms with Gasteiger partial charge in [0.2, 0.25) is 0 Å². The Labute approximate surface area is 130 Å². The highest BCUT2D eigenvalue weighted by atomic mass is 16.5. The van der Waals surface area contributed by atoms with Crippen molar-refractivity contribution in [1.29, 1.82) is 0 Å². The third-order valence-corrected chi connectivity index (χ3v) is 2.40. The molecule has 21 heavy (non-hydrogen) atoms. The molecule has 3 nitrogen and oxygen atoms in total. The minimum Gasteiger partial charge on any atom is -0.462 e. The van der Waals surface area contributed by atoms with E-state index in [0.717, 1.165) is 23.4 Å². The Hall–Kier alpha value is -2.03. The molecule has 0 saturated carbocycles. The summed E-state index contributed by atoms with van der Waals surface area (Å²) in [5.41, 5.74) is 2.23. The Kier molecular flexibility index (Phi) is 10.9. The van der Waals surface area contributed by atoms with Crippen LogP contribution in [0.3, 0.4) is 0 Å². The number of allylic oxidation sites excluding steroid dienone is 3. The summed E-state index contributed by atoms with van der Waals surface area (Å²) in [6.45, 7) is 23.3. The summed E-state index contributed by atoms with van der Waals surface area (Å²) in [4.78, 5) is 11.5. The van der Waals surface area contributed by atoms with Gasteiger partial charge in [-0.2, -0.15) is 0 Å². The molecular weight excluding hydrogens is 262 g/mol. The molecule has 0 spiro atoms. The fourth-order valence-corrected chi connectivity index (χ4v) is 1.02. The minimum absolute atomic E-state index is 0.318. The fourth-order valence-electron chi connectivity index (χ4n) is 1.02. The first-order valence-electron chi connectivity index (χ1n) is 6.81. The predicted octanol–water partition coefficient (Wildman–Crippen LogP) is 4.61. The molecule has 0 aromatic heterocycles. The molecule has 0 aliphatic rings. The van der Waals surface area contributed by atoms with Crippen molar-refractivity contribution in [3.05, 3.63) is 61.5 Å². The molecule has 0 amide bonds. The average molecular weight is 291 g/mol. The SMILES string of the molecule is C=CC(=C)C(=C)N(C)C(=C)/C=C\CC.CC(C)(C)OC=O. The van der Waals surface area contributed by atoms with Gasteiger partial charge in [-0.1, -0.05) is 45.4 Å². The van der Waals surface area contributed by atoms with Crippen LogP contribution in [0.2, 0.25) is 0 Å². The second kappa shape index (κ2) is 10.7. The normalized spacial score (nSPS) is 10.1. The van der Waals surface area contributed by atoms with Gasteiger partial charge in [-0.05, 0) is 38.8 Å². The van der Waals surface area contributed by atoms with Crippen LogP contribution in [-0.2, 0) is 9.53 Å². The maximum absolute atomic E-state index is 9.60. The van der Waals surface area contributed by atoms with E-state index in [2.05, 4.69) is 44.1 Å². The van der Waals surface area contributed by atoms with Crippen molar-refractivity contribution in [2.75, 3.05) is 7.05 Å². The first kappa shape index (κ1) is 21.3. The van der Waals surface area contributed by atoms with E-state index in [1.807, 2.05) is 38.8 Å². The van der Waals surface area contributed by atoms with Gasteiger partial charge in [0.1, 0.15) is 5.60 Å². The Balaban J connectivity index is 0. The zero-order valence-electron chi connectivity index (χ0n) is 14.1. The van der Waals surface area contributed by atoms with Crippen LogP contribution in [0.4, 0.5) is 0 Å². The molecule has 0 aliphatic heterocycles. The van der Waals surface area contributed by atoms with Gasteiger partial charge in [0.25, 0.3) is 6.47 Å². The van der Waals surface area contributed by atoms with Crippen LogP contribution in [0.1, 0.15) is 34.1 Å². The Morgan fingerprint density at radius 2 is 1.76 bits per heavy atom. The van der Waals surface area contributed by atoms with Gasteiger partial charge < -0.3 is 9.64 Å². The molecule has 0 N–H and O–H groups in total. The summed E-state index contributed by atoms with van der Waals surface area (Å²) < 4.78 is 4.55. The van der Waals surface area contributed by atoms with E-state index in [4.69, 9.17) is 0 Å². The lowest BCUT2D eigenvalue weighted by atomic mass is 10.2. The van der Waals surface area contributed by atoms with Crippen LogP contribution in [0.15, 0.2) is 61.5 Å². The van der Waals surface area contributed by atoms with Gasteiger partial charge in [0, 0.05) is 18.4 Å². The van der Waals surface area contributed by atoms with Gasteiger partial charge in [-0.15, -0.1) is 0 Å². The molecule has 3 heteroatoms. The third-order valence-electron chi connectivity index (χ3n) is 2.40. The van der Waals surface area contributed by atoms with Gasteiger partial charge in [-0.25, -0.2) is 0 Å². The number of carbonyl (C=O) groups excluding carboxylic acids is 1. The number of rotatable bonds is 7. The fraction of sp³-hybridized carbons (Fsp3) is 0.389. The first-order chi connectivity index (χ1) is 9.60. The molecule has 0 fully saturated rings. The van der Waals surface area contributed by atoms with Crippen molar-refractivity contribution >= 4 is 6.47 Å². The van der Waals surface area contributed by atoms with E-state index in [0.29, 0.717) is 6.47 Å². The molecule has 0 bridgehead atoms. The van der Waals surface area contributed by atoms with Crippen LogP contribution in [0.25, 0.3) is 0 Å². The smallest absolute Gasteiger partial charge is 0.293 e. The molecule has 0 heterocycles. The Bertz CT molecular complexity index is 411. The number of carbonyl (C=O) groups is 1. The number of ether oxygens (including phenoxy) is 1. The monoisotopic (exact) mass is 291 g/mol. The van der Waals surface area contributed by atoms with E-state index >= 15 is 0 Å². The second-order valence-electron chi connectivity index (χ2n) is 5.36. The number of hydrogen-bond donors (Lipinski definition) is 0. The van der Waals surface area contributed by atoms with E-state index in [1.54, 1.807) is 6.08 Å². The highest BCUT2D eigenvalue weighted by molar-refractivity contribution is 5.38. The molecule has 0 saturated heterocycles. The minimum atomic E-state index is -0.318. The molecule has 0 aliphatic carbocycles. The van der Waals surface area contributed by atoms with E-state index in [1.165, 1.54) is 0 Å². The van der Waals surface area contributed by atoms with Crippen molar-refractivity contribution in [1.82, 2.24) is 4.90 Å². The maximum atomic E-state index is 9.60. The van der Waals surface area contributed by atoms with Crippen molar-refractivity contribution in [2.45, 2.75) is 39.7 Å². The summed E-state index contributed by atoms with van der Waals surface area (Å²) in [5.74, 6) is 0. The van der Waals surface area contributed by atoms with Gasteiger partial charge in [0.05, 0.1) is 0 Å². The highest BCUT2D eigenvalue weighted by Crippen LogP contribution is 2.15. The first-order valence-corrected chi connectivity index (χ1v) is 6.81. The summed E-state index contributed by atoms with van der Waals surface area (Å²) in [7, 11) is 1.92. The largest absolute Gasteiger partial charge is 0.462 e. The quantitative estimate of drug-likeness (QED) is 0.506. The lowest BCUT2D eigenvalue weighted by Gasteiger charge is -2.22. The standard InChI is InChI=1S/C13H19N.C5H10O2/c1-7-9-10-12(4)14(6)13(5)11(3)8-2;1-5(2,3)7-4-6/h8-10H,2-5,7H2,1,6H3;4H,1-3H3/b10-9-;. The summed E-state index contributed by atoms with van der Waals surface area (Å²) in [5, 5.41) is 0. The van der Waals surface area contributed by atoms with Crippen molar-refractivity contribution in [3.8, 4) is 0 Å². The van der Waals surface area contributed by atoms with Crippen LogP contribution < -0.4 is 0 Å². The highest BCUT2D eigenvalue weighted by Gasteiger charge is 2.07. The van der Waals surface area contributed by atoms with Crippen molar-refractivity contribution < 1.29 is 9.53 Å². The van der Waals surface area contributed by atoms with Crippen LogP contribution in [0, 0.1) is 0 Å². The second-order valence-corrected chi connectivity index (χ2v) is 5.36. The van der Waals surface area contributed by atoms with Crippen LogP contribution >= 0.6 is 0 Å². The molecule has 118 valence electrons.